The molecule has 0 bridgehead atoms. The van der Waals surface area contributed by atoms with Gasteiger partial charge in [-0.2, -0.15) is 4.98 Å². The summed E-state index contributed by atoms with van der Waals surface area (Å²) in [6.07, 6.45) is 7.07. The molecule has 2 heterocycles. The molecule has 0 atom stereocenters. The number of nitrogens with zero attached hydrogens (tertiary/aromatic N) is 3. The van der Waals surface area contributed by atoms with Gasteiger partial charge in [0, 0.05) is 12.1 Å². The summed E-state index contributed by atoms with van der Waals surface area (Å²) >= 11 is 0. The van der Waals surface area contributed by atoms with Gasteiger partial charge in [-0.25, -0.2) is 4.98 Å². The van der Waals surface area contributed by atoms with E-state index >= 15 is 0 Å². The summed E-state index contributed by atoms with van der Waals surface area (Å²) in [4.78, 5) is 20.7. The van der Waals surface area contributed by atoms with Gasteiger partial charge in [-0.1, -0.05) is 19.3 Å². The molecule has 0 unspecified atom stereocenters. The van der Waals surface area contributed by atoms with Gasteiger partial charge >= 0.3 is 0 Å². The molecule has 5 heteroatoms. The van der Waals surface area contributed by atoms with E-state index in [-0.39, 0.29) is 11.6 Å². The molecule has 19 heavy (non-hydrogen) atoms. The van der Waals surface area contributed by atoms with Crippen molar-refractivity contribution in [2.45, 2.75) is 38.1 Å². The van der Waals surface area contributed by atoms with Crippen LogP contribution in [0.5, 0.6) is 5.88 Å². The molecule has 3 rings (SSSR count). The summed E-state index contributed by atoms with van der Waals surface area (Å²) in [6.45, 7) is 0. The minimum Gasteiger partial charge on any atom is -0.481 e. The molecule has 0 aliphatic heterocycles. The molecule has 1 fully saturated rings. The number of methoxy groups -OCH3 is 1. The van der Waals surface area contributed by atoms with Crippen molar-refractivity contribution in [3.8, 4) is 5.88 Å². The molecular weight excluding hydrogens is 242 g/mol. The third kappa shape index (κ3) is 2.20. The van der Waals surface area contributed by atoms with Gasteiger partial charge in [0.15, 0.2) is 5.65 Å². The number of hydrogen-bond donors (Lipinski definition) is 0. The average Bonchev–Trinajstić information content (AvgIpc) is 2.47. The fraction of sp³-hybridized carbons (Fsp3) is 0.500. The summed E-state index contributed by atoms with van der Waals surface area (Å²) in [7, 11) is 1.58. The maximum atomic E-state index is 12.2. The van der Waals surface area contributed by atoms with Crippen molar-refractivity contribution in [3.63, 3.8) is 0 Å². The number of pyridine rings is 1. The molecule has 100 valence electrons. The van der Waals surface area contributed by atoms with Crippen LogP contribution in [0.2, 0.25) is 0 Å². The second kappa shape index (κ2) is 4.99. The largest absolute Gasteiger partial charge is 0.481 e. The van der Waals surface area contributed by atoms with Crippen molar-refractivity contribution in [2.75, 3.05) is 7.11 Å². The smallest absolute Gasteiger partial charge is 0.270 e. The predicted molar refractivity (Wildman–Crippen MR) is 72.5 cm³/mol. The lowest BCUT2D eigenvalue weighted by Gasteiger charge is -2.24. The molecule has 0 aromatic carbocycles. The van der Waals surface area contributed by atoms with Crippen LogP contribution in [0.3, 0.4) is 0 Å². The number of fused-ring (bicyclic) bond motifs is 1. The number of aromatic nitrogens is 3. The Balaban J connectivity index is 2.19. The van der Waals surface area contributed by atoms with Gasteiger partial charge in [-0.05, 0) is 18.9 Å². The summed E-state index contributed by atoms with van der Waals surface area (Å²) in [5.41, 5.74) is 1.31. The first-order valence-electron chi connectivity index (χ1n) is 6.72. The van der Waals surface area contributed by atoms with Gasteiger partial charge in [0.2, 0.25) is 5.88 Å². The lowest BCUT2D eigenvalue weighted by atomic mass is 9.95. The molecule has 0 saturated heterocycles. The average molecular weight is 259 g/mol. The van der Waals surface area contributed by atoms with Crippen molar-refractivity contribution < 1.29 is 4.74 Å². The fourth-order valence-electron chi connectivity index (χ4n) is 2.80. The van der Waals surface area contributed by atoms with Crippen LogP contribution in [0.1, 0.15) is 38.1 Å². The Morgan fingerprint density at radius 1 is 1.26 bits per heavy atom. The maximum absolute atomic E-state index is 12.2. The van der Waals surface area contributed by atoms with E-state index in [9.17, 15) is 4.79 Å². The summed E-state index contributed by atoms with van der Waals surface area (Å²) in [6, 6.07) is 3.86. The second-order valence-corrected chi connectivity index (χ2v) is 4.95. The van der Waals surface area contributed by atoms with Crippen molar-refractivity contribution in [1.82, 2.24) is 14.5 Å². The topological polar surface area (TPSA) is 57.0 Å². The molecule has 1 saturated carbocycles. The second-order valence-electron chi connectivity index (χ2n) is 4.95. The predicted octanol–water partition coefficient (Wildman–Crippen LogP) is 2.31. The first kappa shape index (κ1) is 12.1. The van der Waals surface area contributed by atoms with E-state index in [0.717, 1.165) is 18.4 Å². The van der Waals surface area contributed by atoms with Crippen LogP contribution in [0.15, 0.2) is 23.1 Å². The minimum absolute atomic E-state index is 0.0693. The number of rotatable bonds is 2. The third-order valence-corrected chi connectivity index (χ3v) is 3.76. The van der Waals surface area contributed by atoms with E-state index in [4.69, 9.17) is 4.74 Å². The Hall–Kier alpha value is -1.91. The Morgan fingerprint density at radius 3 is 2.79 bits per heavy atom. The van der Waals surface area contributed by atoms with Crippen LogP contribution in [0.25, 0.3) is 11.2 Å². The molecule has 2 aromatic rings. The van der Waals surface area contributed by atoms with Crippen molar-refractivity contribution in [1.29, 1.82) is 0 Å². The van der Waals surface area contributed by atoms with E-state index < -0.39 is 0 Å². The highest BCUT2D eigenvalue weighted by Gasteiger charge is 2.19. The summed E-state index contributed by atoms with van der Waals surface area (Å²) in [5, 5.41) is 0. The molecule has 0 radical (unpaired) electrons. The van der Waals surface area contributed by atoms with Crippen molar-refractivity contribution in [2.24, 2.45) is 0 Å². The molecule has 0 spiro atoms. The van der Waals surface area contributed by atoms with Gasteiger partial charge < -0.3 is 4.74 Å². The molecular formula is C14H17N3O2. The van der Waals surface area contributed by atoms with E-state index in [1.807, 2.05) is 6.07 Å². The van der Waals surface area contributed by atoms with Gasteiger partial charge in [0.25, 0.3) is 5.56 Å². The molecule has 0 N–H and O–H groups in total. The summed E-state index contributed by atoms with van der Waals surface area (Å²) in [5.74, 6) is 0.518. The maximum Gasteiger partial charge on any atom is 0.270 e. The zero-order chi connectivity index (χ0) is 13.2. The van der Waals surface area contributed by atoms with Crippen LogP contribution >= 0.6 is 0 Å². The van der Waals surface area contributed by atoms with Crippen molar-refractivity contribution in [3.05, 3.63) is 28.7 Å². The number of hydrogen-bond acceptors (Lipinski definition) is 4. The molecule has 5 nitrogen and oxygen atoms in total. The van der Waals surface area contributed by atoms with Gasteiger partial charge in [0.05, 0.1) is 13.3 Å². The molecule has 1 aliphatic rings. The van der Waals surface area contributed by atoms with E-state index in [0.29, 0.717) is 11.5 Å². The van der Waals surface area contributed by atoms with Crippen LogP contribution < -0.4 is 10.3 Å². The monoisotopic (exact) mass is 259 g/mol. The Bertz CT molecular complexity index is 645. The Labute approximate surface area is 111 Å². The SMILES string of the molecule is COc1ccc2ncc(=O)n(C3CCCCC3)c2n1. The molecule has 2 aromatic heterocycles. The van der Waals surface area contributed by atoms with Crippen molar-refractivity contribution >= 4 is 11.2 Å². The number of ether oxygens (including phenoxy) is 1. The molecule has 1 aliphatic carbocycles. The summed E-state index contributed by atoms with van der Waals surface area (Å²) < 4.78 is 6.95. The van der Waals surface area contributed by atoms with E-state index in [2.05, 4.69) is 9.97 Å². The van der Waals surface area contributed by atoms with Gasteiger partial charge in [0.1, 0.15) is 5.52 Å². The molecule has 0 amide bonds. The first-order chi connectivity index (χ1) is 9.29. The minimum atomic E-state index is -0.0693. The highest BCUT2D eigenvalue weighted by atomic mass is 16.5. The van der Waals surface area contributed by atoms with E-state index in [1.54, 1.807) is 17.7 Å². The lowest BCUT2D eigenvalue weighted by molar-refractivity contribution is 0.350. The lowest BCUT2D eigenvalue weighted by Crippen LogP contribution is -2.27. The van der Waals surface area contributed by atoms with Gasteiger partial charge in [-0.3, -0.25) is 9.36 Å². The van der Waals surface area contributed by atoms with Crippen LogP contribution in [0, 0.1) is 0 Å². The fourth-order valence-corrected chi connectivity index (χ4v) is 2.80. The Kier molecular flexibility index (Phi) is 3.19. The van der Waals surface area contributed by atoms with Crippen LogP contribution in [-0.4, -0.2) is 21.6 Å². The van der Waals surface area contributed by atoms with Crippen LogP contribution in [0.4, 0.5) is 0 Å². The standard InChI is InChI=1S/C14H17N3O2/c1-19-12-8-7-11-14(16-12)17(13(18)9-15-11)10-5-3-2-4-6-10/h7-10H,2-6H2,1H3. The quantitative estimate of drug-likeness (QED) is 0.830. The highest BCUT2D eigenvalue weighted by Crippen LogP contribution is 2.28. The normalized spacial score (nSPS) is 16.7. The zero-order valence-electron chi connectivity index (χ0n) is 11.0. The van der Waals surface area contributed by atoms with Gasteiger partial charge in [-0.15, -0.1) is 0 Å². The highest BCUT2D eigenvalue weighted by molar-refractivity contribution is 5.70. The van der Waals surface area contributed by atoms with E-state index in [1.165, 1.54) is 25.5 Å². The Morgan fingerprint density at radius 2 is 2.05 bits per heavy atom. The zero-order valence-corrected chi connectivity index (χ0v) is 11.0. The first-order valence-corrected chi connectivity index (χ1v) is 6.72. The third-order valence-electron chi connectivity index (χ3n) is 3.76. The van der Waals surface area contributed by atoms with Crippen LogP contribution in [-0.2, 0) is 0 Å².